The van der Waals surface area contributed by atoms with Gasteiger partial charge in [-0.3, -0.25) is 0 Å². The summed E-state index contributed by atoms with van der Waals surface area (Å²) in [6, 6.07) is 10.9. The first-order valence-electron chi connectivity index (χ1n) is 6.74. The fraction of sp³-hybridized carbons (Fsp3) is 0.312. The van der Waals surface area contributed by atoms with Gasteiger partial charge in [0, 0.05) is 23.2 Å². The van der Waals surface area contributed by atoms with E-state index in [2.05, 4.69) is 24.1 Å². The molecule has 2 nitrogen and oxygen atoms in total. The summed E-state index contributed by atoms with van der Waals surface area (Å²) in [4.78, 5) is 5.19. The molecule has 0 aliphatic carbocycles. The molecule has 1 heterocycles. The lowest BCUT2D eigenvalue weighted by Crippen LogP contribution is -2.20. The van der Waals surface area contributed by atoms with Crippen LogP contribution < -0.4 is 5.32 Å². The monoisotopic (exact) mass is 290 g/mol. The van der Waals surface area contributed by atoms with E-state index in [0.29, 0.717) is 18.0 Å². The molecule has 0 aliphatic rings. The minimum atomic E-state index is -0.165. The van der Waals surface area contributed by atoms with E-state index in [4.69, 9.17) is 0 Å². The molecular weight excluding hydrogens is 271 g/mol. The van der Waals surface area contributed by atoms with Crippen LogP contribution in [0.25, 0.3) is 0 Å². The zero-order valence-electron chi connectivity index (χ0n) is 11.8. The van der Waals surface area contributed by atoms with Gasteiger partial charge in [-0.05, 0) is 36.7 Å². The highest BCUT2D eigenvalue weighted by Crippen LogP contribution is 2.30. The van der Waals surface area contributed by atoms with Gasteiger partial charge >= 0.3 is 0 Å². The summed E-state index contributed by atoms with van der Waals surface area (Å²) < 4.78 is 14.0. The molecule has 0 fully saturated rings. The predicted octanol–water partition coefficient (Wildman–Crippen LogP) is 4.12. The first-order valence-corrected chi connectivity index (χ1v) is 7.55. The molecule has 0 saturated carbocycles. The quantitative estimate of drug-likeness (QED) is 0.866. The van der Waals surface area contributed by atoms with Crippen LogP contribution in [0.3, 0.4) is 0 Å². The molecular formula is C16H19FN2S. The van der Waals surface area contributed by atoms with Crippen molar-refractivity contribution in [2.24, 2.45) is 5.92 Å². The van der Waals surface area contributed by atoms with Crippen molar-refractivity contribution in [3.05, 3.63) is 54.0 Å². The largest absolute Gasteiger partial charge is 0.312 e. The van der Waals surface area contributed by atoms with Crippen LogP contribution in [0.4, 0.5) is 4.39 Å². The zero-order chi connectivity index (χ0) is 14.4. The van der Waals surface area contributed by atoms with E-state index < -0.39 is 0 Å². The van der Waals surface area contributed by atoms with Crippen LogP contribution in [0.5, 0.6) is 0 Å². The molecule has 0 saturated heterocycles. The fourth-order valence-electron chi connectivity index (χ4n) is 1.81. The first kappa shape index (κ1) is 15.0. The van der Waals surface area contributed by atoms with Gasteiger partial charge in [0.2, 0.25) is 0 Å². The molecule has 2 aromatic rings. The van der Waals surface area contributed by atoms with Crippen molar-refractivity contribution in [3.8, 4) is 0 Å². The van der Waals surface area contributed by atoms with Crippen LogP contribution in [-0.4, -0.2) is 11.5 Å². The normalized spacial score (nSPS) is 11.0. The van der Waals surface area contributed by atoms with Crippen molar-refractivity contribution >= 4 is 11.8 Å². The van der Waals surface area contributed by atoms with Crippen molar-refractivity contribution in [1.29, 1.82) is 0 Å². The summed E-state index contributed by atoms with van der Waals surface area (Å²) in [5.41, 5.74) is 0.712. The molecule has 4 heteroatoms. The lowest BCUT2D eigenvalue weighted by Gasteiger charge is -2.12. The molecule has 1 aromatic carbocycles. The third kappa shape index (κ3) is 4.32. The Bertz CT molecular complexity index is 543. The average Bonchev–Trinajstić information content (AvgIpc) is 2.43. The first-order chi connectivity index (χ1) is 9.66. The zero-order valence-corrected chi connectivity index (χ0v) is 12.6. The minimum Gasteiger partial charge on any atom is -0.312 e. The van der Waals surface area contributed by atoms with E-state index in [1.165, 1.54) is 17.8 Å². The van der Waals surface area contributed by atoms with E-state index in [1.807, 2.05) is 24.3 Å². The molecule has 0 amide bonds. The summed E-state index contributed by atoms with van der Waals surface area (Å²) in [5.74, 6) is 0.385. The maximum Gasteiger partial charge on any atom is 0.128 e. The van der Waals surface area contributed by atoms with Gasteiger partial charge in [0.05, 0.1) is 0 Å². The van der Waals surface area contributed by atoms with E-state index >= 15 is 0 Å². The topological polar surface area (TPSA) is 24.9 Å². The highest BCUT2D eigenvalue weighted by Gasteiger charge is 2.10. The van der Waals surface area contributed by atoms with Crippen LogP contribution in [0, 0.1) is 11.7 Å². The predicted molar refractivity (Wildman–Crippen MR) is 81.3 cm³/mol. The highest BCUT2D eigenvalue weighted by atomic mass is 32.2. The van der Waals surface area contributed by atoms with Crippen molar-refractivity contribution in [1.82, 2.24) is 10.3 Å². The van der Waals surface area contributed by atoms with E-state index in [0.717, 1.165) is 16.5 Å². The highest BCUT2D eigenvalue weighted by molar-refractivity contribution is 7.99. The van der Waals surface area contributed by atoms with Crippen molar-refractivity contribution in [2.75, 3.05) is 6.54 Å². The summed E-state index contributed by atoms with van der Waals surface area (Å²) in [6.45, 7) is 5.69. The summed E-state index contributed by atoms with van der Waals surface area (Å²) in [5, 5.41) is 4.17. The van der Waals surface area contributed by atoms with Gasteiger partial charge in [0.25, 0.3) is 0 Å². The number of nitrogens with one attached hydrogen (secondary N) is 1. The molecule has 0 atom stereocenters. The third-order valence-corrected chi connectivity index (χ3v) is 3.84. The van der Waals surface area contributed by atoms with Crippen molar-refractivity contribution in [3.63, 3.8) is 0 Å². The Labute approximate surface area is 123 Å². The van der Waals surface area contributed by atoms with Crippen molar-refractivity contribution < 1.29 is 4.39 Å². The standard InChI is InChI=1S/C16H19FN2S/c1-12(2)10-18-11-13-14(17)6-5-7-15(13)20-16-8-3-4-9-19-16/h3-9,12,18H,10-11H2,1-2H3. The smallest absolute Gasteiger partial charge is 0.128 e. The van der Waals surface area contributed by atoms with Gasteiger partial charge in [0.1, 0.15) is 10.8 Å². The number of pyridine rings is 1. The molecule has 0 unspecified atom stereocenters. The van der Waals surface area contributed by atoms with E-state index in [-0.39, 0.29) is 5.82 Å². The molecule has 0 radical (unpaired) electrons. The van der Waals surface area contributed by atoms with Gasteiger partial charge in [-0.15, -0.1) is 0 Å². The van der Waals surface area contributed by atoms with Crippen LogP contribution in [0.2, 0.25) is 0 Å². The number of aromatic nitrogens is 1. The third-order valence-electron chi connectivity index (χ3n) is 2.78. The van der Waals surface area contributed by atoms with Gasteiger partial charge in [-0.25, -0.2) is 9.37 Å². The maximum atomic E-state index is 14.0. The number of rotatable bonds is 6. The van der Waals surface area contributed by atoms with Crippen LogP contribution in [-0.2, 0) is 6.54 Å². The Morgan fingerprint density at radius 3 is 2.75 bits per heavy atom. The number of hydrogen-bond donors (Lipinski definition) is 1. The van der Waals surface area contributed by atoms with Gasteiger partial charge < -0.3 is 5.32 Å². The van der Waals surface area contributed by atoms with Crippen molar-refractivity contribution in [2.45, 2.75) is 30.3 Å². The molecule has 1 N–H and O–H groups in total. The van der Waals surface area contributed by atoms with Crippen LogP contribution >= 0.6 is 11.8 Å². The Morgan fingerprint density at radius 1 is 1.20 bits per heavy atom. The Kier molecular flexibility index (Phi) is 5.56. The number of benzene rings is 1. The van der Waals surface area contributed by atoms with Crippen LogP contribution in [0.1, 0.15) is 19.4 Å². The molecule has 0 aliphatic heterocycles. The maximum absolute atomic E-state index is 14.0. The van der Waals surface area contributed by atoms with Gasteiger partial charge in [-0.1, -0.05) is 37.7 Å². The van der Waals surface area contributed by atoms with E-state index in [1.54, 1.807) is 12.3 Å². The molecule has 1 aromatic heterocycles. The fourth-order valence-corrected chi connectivity index (χ4v) is 2.74. The second-order valence-electron chi connectivity index (χ2n) is 5.01. The molecule has 20 heavy (non-hydrogen) atoms. The average molecular weight is 290 g/mol. The summed E-state index contributed by atoms with van der Waals surface area (Å²) >= 11 is 1.50. The Morgan fingerprint density at radius 2 is 2.05 bits per heavy atom. The Hall–Kier alpha value is -1.39. The molecule has 0 bridgehead atoms. The summed E-state index contributed by atoms with van der Waals surface area (Å²) in [6.07, 6.45) is 1.75. The molecule has 2 rings (SSSR count). The number of halogens is 1. The molecule has 0 spiro atoms. The van der Waals surface area contributed by atoms with Gasteiger partial charge in [-0.2, -0.15) is 0 Å². The second kappa shape index (κ2) is 7.41. The number of nitrogens with zero attached hydrogens (tertiary/aromatic N) is 1. The SMILES string of the molecule is CC(C)CNCc1c(F)cccc1Sc1ccccn1. The Balaban J connectivity index is 2.13. The molecule has 106 valence electrons. The van der Waals surface area contributed by atoms with E-state index in [9.17, 15) is 4.39 Å². The lowest BCUT2D eigenvalue weighted by atomic mass is 10.2. The second-order valence-corrected chi connectivity index (χ2v) is 6.07. The minimum absolute atomic E-state index is 0.165. The van der Waals surface area contributed by atoms with Crippen LogP contribution in [0.15, 0.2) is 52.5 Å². The summed E-state index contributed by atoms with van der Waals surface area (Å²) in [7, 11) is 0. The lowest BCUT2D eigenvalue weighted by molar-refractivity contribution is 0.530. The van der Waals surface area contributed by atoms with Gasteiger partial charge in [0.15, 0.2) is 0 Å². The number of hydrogen-bond acceptors (Lipinski definition) is 3.